The van der Waals surface area contributed by atoms with Gasteiger partial charge in [0.15, 0.2) is 0 Å². The van der Waals surface area contributed by atoms with E-state index in [4.69, 9.17) is 9.47 Å². The Bertz CT molecular complexity index is 768. The molecule has 0 saturated heterocycles. The predicted molar refractivity (Wildman–Crippen MR) is 126 cm³/mol. The van der Waals surface area contributed by atoms with E-state index in [-0.39, 0.29) is 27.7 Å². The number of benzene rings is 2. The summed E-state index contributed by atoms with van der Waals surface area (Å²) in [5.74, 6) is 3.18. The summed E-state index contributed by atoms with van der Waals surface area (Å²) in [6, 6.07) is 8.93. The van der Waals surface area contributed by atoms with Crippen molar-refractivity contribution in [2.75, 3.05) is 13.2 Å². The van der Waals surface area contributed by atoms with E-state index in [1.807, 2.05) is 20.4 Å². The summed E-state index contributed by atoms with van der Waals surface area (Å²) in [6.07, 6.45) is 0. The van der Waals surface area contributed by atoms with Gasteiger partial charge in [-0.1, -0.05) is 0 Å². The molecule has 0 saturated carbocycles. The van der Waals surface area contributed by atoms with Crippen LogP contribution in [0.4, 0.5) is 0 Å². The van der Waals surface area contributed by atoms with Crippen LogP contribution in [-0.4, -0.2) is 40.9 Å². The number of hydrogen-bond donors (Lipinski definition) is 0. The van der Waals surface area contributed by atoms with Crippen molar-refractivity contribution < 1.29 is 9.47 Å². The Morgan fingerprint density at radius 3 is 1.43 bits per heavy atom. The quantitative estimate of drug-likeness (QED) is 0.469. The van der Waals surface area contributed by atoms with Gasteiger partial charge in [0.25, 0.3) is 0 Å². The minimum atomic E-state index is 0.261. The fraction of sp³-hybridized carbons (Fsp3) is 0.455. The van der Waals surface area contributed by atoms with E-state index >= 15 is 0 Å². The summed E-state index contributed by atoms with van der Waals surface area (Å²) in [5.41, 5.74) is 2.91. The predicted octanol–water partition coefficient (Wildman–Crippen LogP) is 5.12. The Labute approximate surface area is 188 Å². The summed E-state index contributed by atoms with van der Waals surface area (Å²) >= 11 is 0.523. The molecule has 0 bridgehead atoms. The fourth-order valence-corrected chi connectivity index (χ4v) is 15.4. The van der Waals surface area contributed by atoms with Crippen LogP contribution >= 0.6 is 20.4 Å². The van der Waals surface area contributed by atoms with Gasteiger partial charge in [-0.2, -0.15) is 0 Å². The van der Waals surface area contributed by atoms with Gasteiger partial charge in [-0.25, -0.2) is 0 Å². The minimum absolute atomic E-state index is 0.261. The molecule has 0 aromatic heterocycles. The van der Waals surface area contributed by atoms with E-state index in [0.29, 0.717) is 25.0 Å². The van der Waals surface area contributed by atoms with E-state index in [2.05, 4.69) is 65.8 Å². The summed E-state index contributed by atoms with van der Waals surface area (Å²) in [5, 5.41) is 0. The number of hydrogen-bond acceptors (Lipinski definition) is 4. The first kappa shape index (κ1) is 22.5. The summed E-state index contributed by atoms with van der Waals surface area (Å²) in [7, 11) is 4.05. The normalized spacial score (nSPS) is 13.7. The number of rotatable bonds is 6. The molecule has 0 fully saturated rings. The Hall–Kier alpha value is -0.221. The average molecular weight is 547 g/mol. The third kappa shape index (κ3) is 4.74. The Balaban J connectivity index is 2.11. The van der Waals surface area contributed by atoms with Crippen molar-refractivity contribution in [2.45, 2.75) is 63.2 Å². The molecule has 6 heteroatoms. The zero-order valence-corrected chi connectivity index (χ0v) is 22.4. The maximum atomic E-state index is 6.03. The molecule has 0 N–H and O–H groups in total. The van der Waals surface area contributed by atoms with Crippen molar-refractivity contribution in [1.82, 2.24) is 0 Å². The first-order valence-corrected chi connectivity index (χ1v) is 17.2. The van der Waals surface area contributed by atoms with Crippen LogP contribution in [0.3, 0.4) is 0 Å². The molecular formula is C22H28O2S2Se2. The van der Waals surface area contributed by atoms with Gasteiger partial charge in [-0.3, -0.25) is 0 Å². The van der Waals surface area contributed by atoms with Gasteiger partial charge in [0, 0.05) is 0 Å². The van der Waals surface area contributed by atoms with Crippen molar-refractivity contribution in [3.63, 3.8) is 0 Å². The van der Waals surface area contributed by atoms with Crippen LogP contribution in [0.25, 0.3) is 0 Å². The molecule has 0 unspecified atom stereocenters. The molecule has 1 aliphatic rings. The van der Waals surface area contributed by atoms with Crippen molar-refractivity contribution in [2.24, 2.45) is 0 Å². The summed E-state index contributed by atoms with van der Waals surface area (Å²) < 4.78 is 14.9. The van der Waals surface area contributed by atoms with Crippen molar-refractivity contribution >= 4 is 57.0 Å². The molecule has 2 aromatic rings. The molecule has 2 nitrogen and oxygen atoms in total. The Morgan fingerprint density at radius 1 is 0.714 bits per heavy atom. The first-order valence-electron chi connectivity index (χ1n) is 9.76. The van der Waals surface area contributed by atoms with Crippen molar-refractivity contribution in [3.8, 4) is 11.5 Å². The second-order valence-corrected chi connectivity index (χ2v) is 14.5. The van der Waals surface area contributed by atoms with E-state index in [1.165, 1.54) is 29.8 Å². The van der Waals surface area contributed by atoms with E-state index in [1.54, 1.807) is 0 Å². The molecule has 152 valence electrons. The topological polar surface area (TPSA) is 18.5 Å². The standard InChI is InChI=1S/C22H28O2S2Se2/c1-7-23-17-11-9-15(13(3)4)19-21(17)27-26-20-16(14(5)6)10-12-18(24-8-2)22(20)28-25-19/h9-14H,7-8H2,1-6H3. The Kier molecular flexibility index (Phi) is 8.18. The van der Waals surface area contributed by atoms with Crippen molar-refractivity contribution in [1.29, 1.82) is 0 Å². The molecule has 0 atom stereocenters. The van der Waals surface area contributed by atoms with Gasteiger partial charge in [0.1, 0.15) is 0 Å². The van der Waals surface area contributed by atoms with Crippen LogP contribution in [-0.2, 0) is 0 Å². The molecule has 3 rings (SSSR count). The molecule has 1 aliphatic heterocycles. The second-order valence-electron chi connectivity index (χ2n) is 7.13. The molecule has 0 spiro atoms. The molecule has 0 aliphatic carbocycles. The second kappa shape index (κ2) is 10.2. The SMILES string of the molecule is CCOc1ccc(C(C)C)c2c1[Se]Sc1c(C(C)C)ccc(OCC)c1[Se]S2. The monoisotopic (exact) mass is 548 g/mol. The van der Waals surface area contributed by atoms with Gasteiger partial charge < -0.3 is 0 Å². The fourth-order valence-electron chi connectivity index (χ4n) is 3.06. The molecule has 2 aromatic carbocycles. The summed E-state index contributed by atoms with van der Waals surface area (Å²) in [4.78, 5) is 2.91. The number of fused-ring (bicyclic) bond motifs is 2. The van der Waals surface area contributed by atoms with E-state index < -0.39 is 0 Å². The van der Waals surface area contributed by atoms with E-state index in [0.717, 1.165) is 11.5 Å². The van der Waals surface area contributed by atoms with Gasteiger partial charge in [-0.15, -0.1) is 0 Å². The molecule has 0 radical (unpaired) electrons. The molecule has 1 heterocycles. The van der Waals surface area contributed by atoms with Gasteiger partial charge in [-0.05, 0) is 0 Å². The van der Waals surface area contributed by atoms with Crippen LogP contribution in [0.15, 0.2) is 34.1 Å². The van der Waals surface area contributed by atoms with Crippen LogP contribution in [0.2, 0.25) is 0 Å². The van der Waals surface area contributed by atoms with Gasteiger partial charge >= 0.3 is 190 Å². The summed E-state index contributed by atoms with van der Waals surface area (Å²) in [6.45, 7) is 14.7. The first-order chi connectivity index (χ1) is 13.5. The van der Waals surface area contributed by atoms with Crippen LogP contribution < -0.4 is 18.4 Å². The third-order valence-corrected chi connectivity index (χ3v) is 13.7. The van der Waals surface area contributed by atoms with Crippen LogP contribution in [0, 0.1) is 0 Å². The zero-order chi connectivity index (χ0) is 20.3. The van der Waals surface area contributed by atoms with Crippen LogP contribution in [0.1, 0.15) is 64.5 Å². The zero-order valence-electron chi connectivity index (χ0n) is 17.3. The molecule has 0 amide bonds. The van der Waals surface area contributed by atoms with Gasteiger partial charge in [0.2, 0.25) is 0 Å². The third-order valence-electron chi connectivity index (χ3n) is 4.47. The van der Waals surface area contributed by atoms with Gasteiger partial charge in [0.05, 0.1) is 0 Å². The molecule has 28 heavy (non-hydrogen) atoms. The van der Waals surface area contributed by atoms with E-state index in [9.17, 15) is 0 Å². The number of ether oxygens (including phenoxy) is 2. The van der Waals surface area contributed by atoms with Crippen molar-refractivity contribution in [3.05, 3.63) is 35.4 Å². The molecular weight excluding hydrogens is 518 g/mol. The Morgan fingerprint density at radius 2 is 1.11 bits per heavy atom. The average Bonchev–Trinajstić information content (AvgIpc) is 2.63. The van der Waals surface area contributed by atoms with Crippen LogP contribution in [0.5, 0.6) is 11.5 Å². The maximum absolute atomic E-state index is 6.03.